The SMILES string of the molecule is COc1ccccc1C(=O)Nc1ccc(N2CCN(c3ccccc3OC)CC2)c(C(=O)N2CCCCC2)c1. The fourth-order valence-corrected chi connectivity index (χ4v) is 5.44. The van der Waals surface area contributed by atoms with Crippen LogP contribution >= 0.6 is 0 Å². The highest BCUT2D eigenvalue weighted by Crippen LogP contribution is 2.32. The molecule has 2 saturated heterocycles. The molecule has 0 aromatic heterocycles. The molecule has 2 fully saturated rings. The molecule has 3 aromatic carbocycles. The topological polar surface area (TPSA) is 74.4 Å². The van der Waals surface area contributed by atoms with E-state index >= 15 is 0 Å². The molecule has 8 heteroatoms. The number of anilines is 3. The first-order valence-corrected chi connectivity index (χ1v) is 13.6. The van der Waals surface area contributed by atoms with E-state index in [2.05, 4.69) is 21.2 Å². The van der Waals surface area contributed by atoms with Crippen LogP contribution in [0.1, 0.15) is 40.0 Å². The molecule has 1 N–H and O–H groups in total. The summed E-state index contributed by atoms with van der Waals surface area (Å²) in [6, 6.07) is 20.8. The van der Waals surface area contributed by atoms with Crippen LogP contribution in [-0.2, 0) is 0 Å². The molecular weight excluding hydrogens is 492 g/mol. The number of benzene rings is 3. The maximum Gasteiger partial charge on any atom is 0.259 e. The van der Waals surface area contributed by atoms with Crippen molar-refractivity contribution in [2.24, 2.45) is 0 Å². The Morgan fingerprint density at radius 1 is 0.667 bits per heavy atom. The Morgan fingerprint density at radius 2 is 1.28 bits per heavy atom. The predicted molar refractivity (Wildman–Crippen MR) is 155 cm³/mol. The number of hydrogen-bond acceptors (Lipinski definition) is 6. The van der Waals surface area contributed by atoms with Crippen LogP contribution in [0.2, 0.25) is 0 Å². The molecule has 2 amide bonds. The monoisotopic (exact) mass is 528 g/mol. The second-order valence-electron chi connectivity index (χ2n) is 9.89. The molecule has 39 heavy (non-hydrogen) atoms. The van der Waals surface area contributed by atoms with Gasteiger partial charge in [-0.3, -0.25) is 9.59 Å². The van der Waals surface area contributed by atoms with Crippen molar-refractivity contribution in [3.05, 3.63) is 77.9 Å². The smallest absolute Gasteiger partial charge is 0.259 e. The van der Waals surface area contributed by atoms with Crippen LogP contribution in [-0.4, -0.2) is 70.2 Å². The predicted octanol–water partition coefficient (Wildman–Crippen LogP) is 4.91. The zero-order valence-electron chi connectivity index (χ0n) is 22.7. The fourth-order valence-electron chi connectivity index (χ4n) is 5.44. The molecule has 0 unspecified atom stereocenters. The fraction of sp³-hybridized carbons (Fsp3) is 0.355. The first-order chi connectivity index (χ1) is 19.1. The lowest BCUT2D eigenvalue weighted by Crippen LogP contribution is -2.47. The summed E-state index contributed by atoms with van der Waals surface area (Å²) in [6.07, 6.45) is 3.18. The number of nitrogens with one attached hydrogen (secondary N) is 1. The summed E-state index contributed by atoms with van der Waals surface area (Å²) in [4.78, 5) is 33.4. The van der Waals surface area contributed by atoms with Crippen LogP contribution in [0.4, 0.5) is 17.1 Å². The number of hydrogen-bond donors (Lipinski definition) is 1. The van der Waals surface area contributed by atoms with Gasteiger partial charge in [-0.15, -0.1) is 0 Å². The molecule has 204 valence electrons. The van der Waals surface area contributed by atoms with Gasteiger partial charge in [0.05, 0.1) is 31.0 Å². The number of nitrogens with zero attached hydrogens (tertiary/aromatic N) is 3. The largest absolute Gasteiger partial charge is 0.496 e. The van der Waals surface area contributed by atoms with Crippen LogP contribution < -0.4 is 24.6 Å². The number of rotatable bonds is 7. The highest BCUT2D eigenvalue weighted by molar-refractivity contribution is 6.07. The molecule has 0 bridgehead atoms. The molecule has 0 atom stereocenters. The van der Waals surface area contributed by atoms with Crippen LogP contribution in [0.3, 0.4) is 0 Å². The Kier molecular flexibility index (Phi) is 8.20. The first kappa shape index (κ1) is 26.4. The van der Waals surface area contributed by atoms with Crippen LogP contribution in [0.15, 0.2) is 66.7 Å². The maximum atomic E-state index is 13.8. The Labute approximate surface area is 230 Å². The number of para-hydroxylation sites is 3. The molecule has 0 spiro atoms. The first-order valence-electron chi connectivity index (χ1n) is 13.6. The van der Waals surface area contributed by atoms with Gasteiger partial charge in [-0.25, -0.2) is 0 Å². The lowest BCUT2D eigenvalue weighted by molar-refractivity contribution is 0.0724. The van der Waals surface area contributed by atoms with Crippen molar-refractivity contribution in [2.75, 3.05) is 68.6 Å². The molecule has 0 aliphatic carbocycles. The lowest BCUT2D eigenvalue weighted by Gasteiger charge is -2.39. The second kappa shape index (κ2) is 12.1. The Bertz CT molecular complexity index is 1310. The number of piperidine rings is 1. The van der Waals surface area contributed by atoms with E-state index in [0.717, 1.165) is 75.7 Å². The van der Waals surface area contributed by atoms with Crippen LogP contribution in [0.5, 0.6) is 11.5 Å². The molecule has 2 aliphatic rings. The second-order valence-corrected chi connectivity index (χ2v) is 9.89. The van der Waals surface area contributed by atoms with Gasteiger partial charge in [-0.05, 0) is 61.7 Å². The summed E-state index contributed by atoms with van der Waals surface area (Å²) in [5.41, 5.74) is 3.64. The number of piperazine rings is 1. The normalized spacial score (nSPS) is 15.6. The number of methoxy groups -OCH3 is 2. The van der Waals surface area contributed by atoms with Crippen molar-refractivity contribution in [1.82, 2.24) is 4.90 Å². The average molecular weight is 529 g/mol. The van der Waals surface area contributed by atoms with Gasteiger partial charge in [0.2, 0.25) is 0 Å². The van der Waals surface area contributed by atoms with E-state index in [1.807, 2.05) is 47.4 Å². The summed E-state index contributed by atoms with van der Waals surface area (Å²) in [5, 5.41) is 2.97. The van der Waals surface area contributed by atoms with Gasteiger partial charge >= 0.3 is 0 Å². The zero-order valence-corrected chi connectivity index (χ0v) is 22.7. The zero-order chi connectivity index (χ0) is 27.2. The van der Waals surface area contributed by atoms with E-state index in [4.69, 9.17) is 9.47 Å². The third-order valence-corrected chi connectivity index (χ3v) is 7.53. The van der Waals surface area contributed by atoms with Crippen molar-refractivity contribution in [3.8, 4) is 11.5 Å². The number of carbonyl (C=O) groups excluding carboxylic acids is 2. The lowest BCUT2D eigenvalue weighted by atomic mass is 10.0. The minimum atomic E-state index is -0.276. The van der Waals surface area contributed by atoms with Crippen LogP contribution in [0, 0.1) is 0 Å². The van der Waals surface area contributed by atoms with Gasteiger partial charge in [0.1, 0.15) is 11.5 Å². The number of likely N-dealkylation sites (tertiary alicyclic amines) is 1. The average Bonchev–Trinajstić information content (AvgIpc) is 3.01. The van der Waals surface area contributed by atoms with Gasteiger partial charge in [-0.1, -0.05) is 24.3 Å². The third-order valence-electron chi connectivity index (χ3n) is 7.53. The van der Waals surface area contributed by atoms with Crippen molar-refractivity contribution in [2.45, 2.75) is 19.3 Å². The van der Waals surface area contributed by atoms with Crippen molar-refractivity contribution >= 4 is 28.9 Å². The van der Waals surface area contributed by atoms with Gasteiger partial charge in [0.25, 0.3) is 11.8 Å². The standard InChI is InChI=1S/C31H36N4O4/c1-38-28-12-6-4-10-24(28)30(36)32-23-14-15-26(25(22-23)31(37)35-16-8-3-9-17-35)33-18-20-34(21-19-33)27-11-5-7-13-29(27)39-2/h4-7,10-15,22H,3,8-9,16-21H2,1-2H3,(H,32,36). The Balaban J connectivity index is 1.39. The summed E-state index contributed by atoms with van der Waals surface area (Å²) >= 11 is 0. The molecule has 2 aliphatic heterocycles. The highest BCUT2D eigenvalue weighted by Gasteiger charge is 2.27. The van der Waals surface area contributed by atoms with E-state index in [0.29, 0.717) is 22.6 Å². The number of ether oxygens (including phenoxy) is 2. The van der Waals surface area contributed by atoms with Gasteiger partial charge in [0, 0.05) is 50.6 Å². The van der Waals surface area contributed by atoms with E-state index in [1.54, 1.807) is 32.4 Å². The highest BCUT2D eigenvalue weighted by atomic mass is 16.5. The van der Waals surface area contributed by atoms with Gasteiger partial charge in [-0.2, -0.15) is 0 Å². The number of carbonyl (C=O) groups is 2. The molecule has 5 rings (SSSR count). The molecule has 8 nitrogen and oxygen atoms in total. The molecule has 0 saturated carbocycles. The van der Waals surface area contributed by atoms with Crippen LogP contribution in [0.25, 0.3) is 0 Å². The van der Waals surface area contributed by atoms with Crippen molar-refractivity contribution < 1.29 is 19.1 Å². The molecule has 0 radical (unpaired) electrons. The minimum absolute atomic E-state index is 0.0187. The van der Waals surface area contributed by atoms with E-state index in [9.17, 15) is 9.59 Å². The molecule has 2 heterocycles. The number of amides is 2. The van der Waals surface area contributed by atoms with Crippen molar-refractivity contribution in [3.63, 3.8) is 0 Å². The van der Waals surface area contributed by atoms with Crippen molar-refractivity contribution in [1.29, 1.82) is 0 Å². The third kappa shape index (κ3) is 5.79. The van der Waals surface area contributed by atoms with E-state index in [1.165, 1.54) is 0 Å². The van der Waals surface area contributed by atoms with E-state index in [-0.39, 0.29) is 11.8 Å². The van der Waals surface area contributed by atoms with E-state index < -0.39 is 0 Å². The minimum Gasteiger partial charge on any atom is -0.496 e. The van der Waals surface area contributed by atoms with Gasteiger partial charge in [0.15, 0.2) is 0 Å². The summed E-state index contributed by atoms with van der Waals surface area (Å²) in [6.45, 7) is 4.68. The summed E-state index contributed by atoms with van der Waals surface area (Å²) in [7, 11) is 3.24. The Hall–Kier alpha value is -4.20. The Morgan fingerprint density at radius 3 is 1.97 bits per heavy atom. The molecular formula is C31H36N4O4. The maximum absolute atomic E-state index is 13.8. The summed E-state index contributed by atoms with van der Waals surface area (Å²) in [5.74, 6) is 1.11. The quantitative estimate of drug-likeness (QED) is 0.470. The summed E-state index contributed by atoms with van der Waals surface area (Å²) < 4.78 is 10.9. The molecule has 3 aromatic rings. The van der Waals surface area contributed by atoms with Gasteiger partial charge < -0.3 is 29.5 Å².